The molecule has 4 rings (SSSR count). The van der Waals surface area contributed by atoms with Gasteiger partial charge in [-0.05, 0) is 62.0 Å². The average molecular weight is 493 g/mol. The van der Waals surface area contributed by atoms with Gasteiger partial charge in [0.2, 0.25) is 15.9 Å². The van der Waals surface area contributed by atoms with Gasteiger partial charge in [-0.3, -0.25) is 9.52 Å². The number of nitrogens with one attached hydrogen (secondary N) is 1. The van der Waals surface area contributed by atoms with E-state index in [1.807, 2.05) is 12.1 Å². The van der Waals surface area contributed by atoms with E-state index in [9.17, 15) is 21.6 Å². The lowest BCUT2D eigenvalue weighted by Crippen LogP contribution is -2.44. The van der Waals surface area contributed by atoms with Crippen LogP contribution in [0.1, 0.15) is 12.5 Å². The summed E-state index contributed by atoms with van der Waals surface area (Å²) in [6.45, 7) is 6.93. The highest BCUT2D eigenvalue weighted by Gasteiger charge is 2.42. The molecule has 2 saturated heterocycles. The van der Waals surface area contributed by atoms with E-state index in [1.54, 1.807) is 26.0 Å². The van der Waals surface area contributed by atoms with E-state index in [2.05, 4.69) is 21.6 Å². The number of hydrogen-bond donors (Lipinski definition) is 1. The zero-order valence-electron chi connectivity index (χ0n) is 18.9. The van der Waals surface area contributed by atoms with Crippen molar-refractivity contribution in [1.29, 1.82) is 0 Å². The Morgan fingerprint density at radius 1 is 0.970 bits per heavy atom. The maximum absolute atomic E-state index is 13.0. The quantitative estimate of drug-likeness (QED) is 0.679. The fourth-order valence-electron chi connectivity index (χ4n) is 4.16. The molecule has 11 heteroatoms. The largest absolute Gasteiger partial charge is 0.369 e. The summed E-state index contributed by atoms with van der Waals surface area (Å²) < 4.78 is 54.0. The lowest BCUT2D eigenvalue weighted by atomic mass is 10.2. The van der Waals surface area contributed by atoms with Crippen molar-refractivity contribution < 1.29 is 21.6 Å². The van der Waals surface area contributed by atoms with E-state index in [0.29, 0.717) is 11.3 Å². The van der Waals surface area contributed by atoms with Crippen LogP contribution in [0.4, 0.5) is 17.1 Å². The van der Waals surface area contributed by atoms with Gasteiger partial charge in [0.1, 0.15) is 0 Å². The number of carbonyl (C=O) groups is 1. The number of likely N-dealkylation sites (N-methyl/N-ethyl adjacent to an activating group) is 1. The molecule has 1 amide bonds. The van der Waals surface area contributed by atoms with E-state index < -0.39 is 31.9 Å². The number of aryl methyl sites for hydroxylation is 1. The van der Waals surface area contributed by atoms with Crippen LogP contribution in [0.2, 0.25) is 0 Å². The fourth-order valence-corrected chi connectivity index (χ4v) is 7.26. The molecule has 9 nitrogen and oxygen atoms in total. The summed E-state index contributed by atoms with van der Waals surface area (Å²) in [6, 6.07) is 11.3. The van der Waals surface area contributed by atoms with Crippen molar-refractivity contribution in [2.75, 3.05) is 52.9 Å². The molecule has 1 N–H and O–H groups in total. The first kappa shape index (κ1) is 23.5. The highest BCUT2D eigenvalue weighted by molar-refractivity contribution is 7.94. The molecule has 2 aromatic carbocycles. The minimum Gasteiger partial charge on any atom is -0.369 e. The third kappa shape index (κ3) is 4.71. The van der Waals surface area contributed by atoms with Crippen molar-refractivity contribution in [3.05, 3.63) is 48.0 Å². The van der Waals surface area contributed by atoms with E-state index in [-0.39, 0.29) is 16.3 Å². The second-order valence-corrected chi connectivity index (χ2v) is 12.2. The third-order valence-corrected chi connectivity index (χ3v) is 9.44. The Labute approximate surface area is 195 Å². The Bertz CT molecular complexity index is 1270. The number of carbonyl (C=O) groups excluding carboxylic acids is 1. The van der Waals surface area contributed by atoms with Crippen LogP contribution in [0, 0.1) is 12.8 Å². The highest BCUT2D eigenvalue weighted by Crippen LogP contribution is 2.31. The molecule has 2 heterocycles. The first-order chi connectivity index (χ1) is 15.5. The molecule has 2 aliphatic heterocycles. The van der Waals surface area contributed by atoms with E-state index >= 15 is 0 Å². The first-order valence-corrected chi connectivity index (χ1v) is 13.8. The monoisotopic (exact) mass is 492 g/mol. The fraction of sp³-hybridized carbons (Fsp3) is 0.409. The van der Waals surface area contributed by atoms with Crippen molar-refractivity contribution in [1.82, 2.24) is 4.90 Å². The number of benzene rings is 2. The number of nitrogens with zero attached hydrogens (tertiary/aromatic N) is 3. The molecule has 33 heavy (non-hydrogen) atoms. The minimum absolute atomic E-state index is 0.0199. The van der Waals surface area contributed by atoms with Crippen LogP contribution < -0.4 is 13.9 Å². The van der Waals surface area contributed by atoms with Gasteiger partial charge in [0, 0.05) is 37.6 Å². The molecule has 1 unspecified atom stereocenters. The molecule has 178 valence electrons. The standard InChI is InChI=1S/C22H28N4O5S2/c1-16-14-20(26-22(27)17(2)15-32(26,28)29)8-9-21(16)33(30,31)23-18-4-6-19(7-5-18)25-12-10-24(3)11-13-25/h4-9,14,17,23H,10-13,15H2,1-3H3. The van der Waals surface area contributed by atoms with Crippen LogP contribution in [0.15, 0.2) is 47.4 Å². The number of rotatable bonds is 5. The number of hydrogen-bond acceptors (Lipinski definition) is 7. The van der Waals surface area contributed by atoms with Gasteiger partial charge in [0.05, 0.1) is 22.3 Å². The summed E-state index contributed by atoms with van der Waals surface area (Å²) in [5, 5.41) is 0. The van der Waals surface area contributed by atoms with Crippen molar-refractivity contribution in [3.8, 4) is 0 Å². The van der Waals surface area contributed by atoms with Gasteiger partial charge >= 0.3 is 0 Å². The molecule has 1 atom stereocenters. The Morgan fingerprint density at radius 2 is 1.58 bits per heavy atom. The summed E-state index contributed by atoms with van der Waals surface area (Å²) in [5.41, 5.74) is 1.97. The normalized spacial score (nSPS) is 21.4. The smallest absolute Gasteiger partial charge is 0.262 e. The van der Waals surface area contributed by atoms with Gasteiger partial charge in [0.25, 0.3) is 10.0 Å². The molecule has 0 bridgehead atoms. The summed E-state index contributed by atoms with van der Waals surface area (Å²) in [5.74, 6) is -1.39. The van der Waals surface area contributed by atoms with Crippen LogP contribution >= 0.6 is 0 Å². The molecule has 0 radical (unpaired) electrons. The third-order valence-electron chi connectivity index (χ3n) is 6.03. The number of amides is 1. The number of piperazine rings is 1. The molecule has 0 spiro atoms. The summed E-state index contributed by atoms with van der Waals surface area (Å²) in [4.78, 5) is 16.9. The predicted octanol–water partition coefficient (Wildman–Crippen LogP) is 1.86. The Hall–Kier alpha value is -2.63. The molecule has 2 fully saturated rings. The average Bonchev–Trinajstić information content (AvgIpc) is 2.95. The zero-order chi connectivity index (χ0) is 24.0. The Kier molecular flexibility index (Phi) is 6.14. The minimum atomic E-state index is -3.91. The van der Waals surface area contributed by atoms with Gasteiger partial charge in [-0.1, -0.05) is 6.92 Å². The van der Waals surface area contributed by atoms with Crippen molar-refractivity contribution in [2.45, 2.75) is 18.7 Å². The molecular formula is C22H28N4O5S2. The van der Waals surface area contributed by atoms with Crippen molar-refractivity contribution in [2.24, 2.45) is 5.92 Å². The number of anilines is 3. The van der Waals surface area contributed by atoms with Gasteiger partial charge in [-0.2, -0.15) is 0 Å². The second kappa shape index (κ2) is 8.62. The predicted molar refractivity (Wildman–Crippen MR) is 129 cm³/mol. The van der Waals surface area contributed by atoms with E-state index in [4.69, 9.17) is 0 Å². The molecule has 2 aromatic rings. The molecule has 2 aliphatic rings. The lowest BCUT2D eigenvalue weighted by Gasteiger charge is -2.34. The lowest BCUT2D eigenvalue weighted by molar-refractivity contribution is -0.119. The van der Waals surface area contributed by atoms with E-state index in [1.165, 1.54) is 18.2 Å². The maximum Gasteiger partial charge on any atom is 0.262 e. The van der Waals surface area contributed by atoms with Gasteiger partial charge in [-0.15, -0.1) is 0 Å². The van der Waals surface area contributed by atoms with Crippen molar-refractivity contribution >= 4 is 43.0 Å². The van der Waals surface area contributed by atoms with Crippen LogP contribution in [0.3, 0.4) is 0 Å². The topological polar surface area (TPSA) is 107 Å². The van der Waals surface area contributed by atoms with Gasteiger partial charge < -0.3 is 9.80 Å². The second-order valence-electron chi connectivity index (χ2n) is 8.67. The Morgan fingerprint density at radius 3 is 2.12 bits per heavy atom. The van der Waals surface area contributed by atoms with Crippen LogP contribution in [0.5, 0.6) is 0 Å². The van der Waals surface area contributed by atoms with Crippen LogP contribution in [-0.4, -0.2) is 66.6 Å². The van der Waals surface area contributed by atoms with Crippen LogP contribution in [-0.2, 0) is 24.8 Å². The summed E-state index contributed by atoms with van der Waals surface area (Å²) >= 11 is 0. The number of sulfonamides is 2. The summed E-state index contributed by atoms with van der Waals surface area (Å²) in [7, 11) is -5.57. The maximum atomic E-state index is 13.0. The van der Waals surface area contributed by atoms with E-state index in [0.717, 1.165) is 36.2 Å². The van der Waals surface area contributed by atoms with Crippen molar-refractivity contribution in [3.63, 3.8) is 0 Å². The zero-order valence-corrected chi connectivity index (χ0v) is 20.5. The SMILES string of the molecule is Cc1cc(N2C(=O)C(C)CS2(=O)=O)ccc1S(=O)(=O)Nc1ccc(N2CCN(C)CC2)cc1. The molecular weight excluding hydrogens is 464 g/mol. The summed E-state index contributed by atoms with van der Waals surface area (Å²) in [6.07, 6.45) is 0. The molecule has 0 aromatic heterocycles. The first-order valence-electron chi connectivity index (χ1n) is 10.7. The molecule has 0 aliphatic carbocycles. The van der Waals surface area contributed by atoms with Crippen LogP contribution in [0.25, 0.3) is 0 Å². The van der Waals surface area contributed by atoms with Gasteiger partial charge in [-0.25, -0.2) is 21.1 Å². The Balaban J connectivity index is 1.52. The van der Waals surface area contributed by atoms with Gasteiger partial charge in [0.15, 0.2) is 0 Å². The molecule has 0 saturated carbocycles. The highest BCUT2D eigenvalue weighted by atomic mass is 32.2.